The molecular formula is C25H37F4NS. The largest absolute Gasteiger partial charge is 0.426 e. The summed E-state index contributed by atoms with van der Waals surface area (Å²) in [6, 6.07) is 4.60. The molecule has 0 aliphatic rings. The fourth-order valence-electron chi connectivity index (χ4n) is 3.59. The number of benzene rings is 1. The first-order chi connectivity index (χ1) is 14.3. The first-order valence-electron chi connectivity index (χ1n) is 11.0. The molecule has 1 aromatic carbocycles. The molecule has 1 rings (SSSR count). The highest BCUT2D eigenvalue weighted by Crippen LogP contribution is 2.47. The van der Waals surface area contributed by atoms with Crippen molar-refractivity contribution in [2.75, 3.05) is 13.1 Å². The van der Waals surface area contributed by atoms with Gasteiger partial charge in [0.2, 0.25) is 5.67 Å². The van der Waals surface area contributed by atoms with E-state index in [1.54, 1.807) is 30.8 Å². The van der Waals surface area contributed by atoms with E-state index in [1.165, 1.54) is 6.07 Å². The van der Waals surface area contributed by atoms with Gasteiger partial charge in [0.25, 0.3) is 0 Å². The van der Waals surface area contributed by atoms with Gasteiger partial charge in [0.15, 0.2) is 0 Å². The summed E-state index contributed by atoms with van der Waals surface area (Å²) in [7, 11) is 0. The molecule has 1 nitrogen and oxygen atoms in total. The summed E-state index contributed by atoms with van der Waals surface area (Å²) in [6.07, 6.45) is -2.05. The molecule has 176 valence electrons. The van der Waals surface area contributed by atoms with Crippen LogP contribution in [-0.2, 0) is 5.67 Å². The maximum Gasteiger partial charge on any atom is 0.426 e. The van der Waals surface area contributed by atoms with Crippen LogP contribution in [0.3, 0.4) is 0 Å². The monoisotopic (exact) mass is 459 g/mol. The Morgan fingerprint density at radius 3 is 2.03 bits per heavy atom. The molecule has 3 unspecified atom stereocenters. The predicted octanol–water partition coefficient (Wildman–Crippen LogP) is 8.71. The van der Waals surface area contributed by atoms with Crippen molar-refractivity contribution in [3.8, 4) is 0 Å². The predicted molar refractivity (Wildman–Crippen MR) is 126 cm³/mol. The minimum absolute atomic E-state index is 0.0103. The van der Waals surface area contributed by atoms with Gasteiger partial charge < -0.3 is 4.90 Å². The minimum atomic E-state index is -4.96. The minimum Gasteiger partial charge on any atom is -0.371 e. The van der Waals surface area contributed by atoms with Gasteiger partial charge in [-0.3, -0.25) is 0 Å². The number of nitrogens with zero attached hydrogens (tertiary/aromatic N) is 1. The van der Waals surface area contributed by atoms with Crippen LogP contribution in [0.15, 0.2) is 42.0 Å². The van der Waals surface area contributed by atoms with E-state index in [-0.39, 0.29) is 16.7 Å². The van der Waals surface area contributed by atoms with Crippen molar-refractivity contribution in [3.05, 3.63) is 58.6 Å². The third kappa shape index (κ3) is 6.77. The summed E-state index contributed by atoms with van der Waals surface area (Å²) in [6.45, 7) is 20.9. The molecule has 0 saturated carbocycles. The van der Waals surface area contributed by atoms with Gasteiger partial charge in [-0.25, -0.2) is 4.39 Å². The van der Waals surface area contributed by atoms with Crippen molar-refractivity contribution in [2.24, 2.45) is 5.92 Å². The van der Waals surface area contributed by atoms with Crippen LogP contribution in [0.25, 0.3) is 0 Å². The number of halogens is 4. The molecule has 6 heteroatoms. The normalized spacial score (nSPS) is 15.8. The molecule has 0 fully saturated rings. The standard InChI is InChI=1S/C25H37F4NS/c1-9-14-30(15-10-2)19(6)20(7)31-23(17(4)11-3)21-12-13-22(18(5)16-21)24(8,26)25(27,28)29/h12-13,16-17,23H,6-7,9-11,14-15H2,1-5,8H3. The summed E-state index contributed by atoms with van der Waals surface area (Å²) in [5.41, 5.74) is -1.64. The first kappa shape index (κ1) is 27.6. The Morgan fingerprint density at radius 1 is 1.06 bits per heavy atom. The highest BCUT2D eigenvalue weighted by Gasteiger charge is 2.54. The molecule has 0 saturated heterocycles. The number of hydrogen-bond acceptors (Lipinski definition) is 2. The van der Waals surface area contributed by atoms with Gasteiger partial charge in [0.05, 0.1) is 0 Å². The summed E-state index contributed by atoms with van der Waals surface area (Å²) in [5, 5.41) is -0.0103. The Hall–Kier alpha value is -1.43. The van der Waals surface area contributed by atoms with Crippen molar-refractivity contribution < 1.29 is 17.6 Å². The maximum atomic E-state index is 14.5. The van der Waals surface area contributed by atoms with Crippen LogP contribution in [0.5, 0.6) is 0 Å². The van der Waals surface area contributed by atoms with Crippen molar-refractivity contribution in [1.82, 2.24) is 4.90 Å². The Balaban J connectivity index is 3.23. The molecule has 0 amide bonds. The van der Waals surface area contributed by atoms with Crippen LogP contribution >= 0.6 is 11.8 Å². The van der Waals surface area contributed by atoms with Crippen LogP contribution in [0.1, 0.15) is 75.8 Å². The molecule has 0 bridgehead atoms. The molecule has 0 heterocycles. The van der Waals surface area contributed by atoms with E-state index in [0.717, 1.165) is 48.5 Å². The number of alkyl halides is 4. The molecule has 0 aliphatic heterocycles. The third-order valence-corrected chi connectivity index (χ3v) is 7.25. The van der Waals surface area contributed by atoms with E-state index in [1.807, 2.05) is 0 Å². The fraction of sp³-hybridized carbons (Fsp3) is 0.600. The van der Waals surface area contributed by atoms with Crippen LogP contribution in [0.2, 0.25) is 0 Å². The van der Waals surface area contributed by atoms with Crippen LogP contribution in [0, 0.1) is 12.8 Å². The number of aryl methyl sites for hydroxylation is 1. The van der Waals surface area contributed by atoms with E-state index in [9.17, 15) is 17.6 Å². The Kier molecular flexibility index (Phi) is 10.2. The van der Waals surface area contributed by atoms with Crippen LogP contribution in [-0.4, -0.2) is 24.2 Å². The van der Waals surface area contributed by atoms with E-state index >= 15 is 0 Å². The van der Waals surface area contributed by atoms with E-state index in [4.69, 9.17) is 0 Å². The molecule has 0 N–H and O–H groups in total. The molecule has 3 atom stereocenters. The molecular weight excluding hydrogens is 422 g/mol. The lowest BCUT2D eigenvalue weighted by molar-refractivity contribution is -0.228. The van der Waals surface area contributed by atoms with Gasteiger partial charge in [0, 0.05) is 34.5 Å². The highest BCUT2D eigenvalue weighted by molar-refractivity contribution is 8.03. The Labute approximate surface area is 190 Å². The average Bonchev–Trinajstić information content (AvgIpc) is 2.69. The molecule has 0 aromatic heterocycles. The lowest BCUT2D eigenvalue weighted by Gasteiger charge is -2.31. The van der Waals surface area contributed by atoms with Crippen molar-refractivity contribution >= 4 is 11.8 Å². The third-order valence-electron chi connectivity index (χ3n) is 5.74. The van der Waals surface area contributed by atoms with E-state index in [2.05, 4.69) is 45.8 Å². The van der Waals surface area contributed by atoms with Crippen LogP contribution < -0.4 is 0 Å². The zero-order valence-corrected chi connectivity index (χ0v) is 20.5. The number of hydrogen-bond donors (Lipinski definition) is 0. The molecule has 1 aromatic rings. The average molecular weight is 460 g/mol. The summed E-state index contributed by atoms with van der Waals surface area (Å²) in [5.74, 6) is 0.255. The van der Waals surface area contributed by atoms with Crippen molar-refractivity contribution in [2.45, 2.75) is 77.9 Å². The maximum absolute atomic E-state index is 14.5. The van der Waals surface area contributed by atoms with E-state index < -0.39 is 11.8 Å². The van der Waals surface area contributed by atoms with Gasteiger partial charge in [-0.05, 0) is 43.7 Å². The smallest absolute Gasteiger partial charge is 0.371 e. The fourth-order valence-corrected chi connectivity index (χ4v) is 4.87. The Bertz CT molecular complexity index is 748. The molecule has 0 radical (unpaired) electrons. The summed E-state index contributed by atoms with van der Waals surface area (Å²) in [4.78, 5) is 3.09. The number of thioether (sulfide) groups is 1. The molecule has 0 aliphatic carbocycles. The second-order valence-corrected chi connectivity index (χ2v) is 9.59. The second-order valence-electron chi connectivity index (χ2n) is 8.36. The van der Waals surface area contributed by atoms with Gasteiger partial charge >= 0.3 is 6.18 Å². The highest BCUT2D eigenvalue weighted by atomic mass is 32.2. The van der Waals surface area contributed by atoms with Gasteiger partial charge in [-0.2, -0.15) is 13.2 Å². The van der Waals surface area contributed by atoms with Gasteiger partial charge in [-0.1, -0.05) is 65.5 Å². The summed E-state index contributed by atoms with van der Waals surface area (Å²) >= 11 is 1.59. The van der Waals surface area contributed by atoms with Gasteiger partial charge in [-0.15, -0.1) is 11.8 Å². The molecule has 0 spiro atoms. The lowest BCUT2D eigenvalue weighted by atomic mass is 9.89. The van der Waals surface area contributed by atoms with Crippen molar-refractivity contribution in [3.63, 3.8) is 0 Å². The number of rotatable bonds is 12. The lowest BCUT2D eigenvalue weighted by Crippen LogP contribution is -2.35. The first-order valence-corrected chi connectivity index (χ1v) is 11.9. The second kappa shape index (κ2) is 11.4. The van der Waals surface area contributed by atoms with E-state index in [0.29, 0.717) is 12.5 Å². The van der Waals surface area contributed by atoms with Crippen molar-refractivity contribution in [1.29, 1.82) is 0 Å². The topological polar surface area (TPSA) is 3.24 Å². The Morgan fingerprint density at radius 2 is 1.61 bits per heavy atom. The van der Waals surface area contributed by atoms with Crippen LogP contribution in [0.4, 0.5) is 17.6 Å². The summed E-state index contributed by atoms with van der Waals surface area (Å²) < 4.78 is 54.1. The molecule has 31 heavy (non-hydrogen) atoms. The SMILES string of the molecule is C=C(SC(c1ccc(C(C)(F)C(F)(F)F)c(C)c1)C(C)CC)C(=C)N(CCC)CCC. The quantitative estimate of drug-likeness (QED) is 0.227. The van der Waals surface area contributed by atoms with Gasteiger partial charge in [0.1, 0.15) is 0 Å². The zero-order valence-electron chi connectivity index (χ0n) is 19.7. The zero-order chi connectivity index (χ0) is 24.0.